The van der Waals surface area contributed by atoms with E-state index in [2.05, 4.69) is 36.4 Å². The van der Waals surface area contributed by atoms with Gasteiger partial charge in [-0.2, -0.15) is 0 Å². The lowest BCUT2D eigenvalue weighted by Gasteiger charge is -2.23. The van der Waals surface area contributed by atoms with Crippen molar-refractivity contribution in [2.75, 3.05) is 5.32 Å². The number of nitrogens with one attached hydrogen (secondary N) is 2. The van der Waals surface area contributed by atoms with Crippen LogP contribution in [0.4, 0.5) is 10.2 Å². The summed E-state index contributed by atoms with van der Waals surface area (Å²) in [5.74, 6) is 0.490. The molecule has 1 saturated carbocycles. The Labute approximate surface area is 102 Å². The minimum atomic E-state index is -0.281. The van der Waals surface area contributed by atoms with Gasteiger partial charge in [-0.05, 0) is 39.7 Å². The number of hydrogen-bond donors (Lipinski definition) is 2. The maximum Gasteiger partial charge on any atom is 0.141 e. The van der Waals surface area contributed by atoms with Crippen LogP contribution in [-0.4, -0.2) is 16.6 Å². The van der Waals surface area contributed by atoms with E-state index in [9.17, 15) is 4.39 Å². The molecule has 0 spiro atoms. The van der Waals surface area contributed by atoms with E-state index in [1.807, 2.05) is 0 Å². The number of hydrogen-bond acceptors (Lipinski definition) is 3. The van der Waals surface area contributed by atoms with Crippen LogP contribution in [0, 0.1) is 5.82 Å². The van der Waals surface area contributed by atoms with Crippen molar-refractivity contribution in [3.05, 3.63) is 23.6 Å². The molecule has 1 aliphatic carbocycles. The fourth-order valence-electron chi connectivity index (χ4n) is 1.63. The highest BCUT2D eigenvalue weighted by atomic mass is 19.1. The minimum absolute atomic E-state index is 0.0703. The molecule has 0 unspecified atom stereocenters. The topological polar surface area (TPSA) is 37.0 Å². The first-order valence-electron chi connectivity index (χ1n) is 6.10. The summed E-state index contributed by atoms with van der Waals surface area (Å²) in [5.41, 5.74) is 0.825. The molecule has 1 fully saturated rings. The molecular formula is C13H20FN3. The van der Waals surface area contributed by atoms with Crippen molar-refractivity contribution in [2.24, 2.45) is 0 Å². The number of anilines is 1. The van der Waals surface area contributed by atoms with Crippen LogP contribution in [0.1, 0.15) is 39.2 Å². The van der Waals surface area contributed by atoms with Crippen molar-refractivity contribution >= 4 is 5.82 Å². The highest BCUT2D eigenvalue weighted by molar-refractivity contribution is 5.45. The van der Waals surface area contributed by atoms with Crippen LogP contribution in [0.25, 0.3) is 0 Å². The second-order valence-electron chi connectivity index (χ2n) is 5.69. The molecule has 0 aliphatic heterocycles. The predicted octanol–water partition coefficient (Wildman–Crippen LogP) is 2.68. The number of aromatic nitrogens is 1. The lowest BCUT2D eigenvalue weighted by molar-refractivity contribution is 0.602. The van der Waals surface area contributed by atoms with E-state index in [1.165, 1.54) is 19.0 Å². The summed E-state index contributed by atoms with van der Waals surface area (Å²) in [7, 11) is 0. The summed E-state index contributed by atoms with van der Waals surface area (Å²) in [6.07, 6.45) is 3.71. The molecule has 1 aliphatic rings. The van der Waals surface area contributed by atoms with Gasteiger partial charge in [-0.3, -0.25) is 0 Å². The highest BCUT2D eigenvalue weighted by Gasteiger charge is 2.21. The highest BCUT2D eigenvalue weighted by Crippen LogP contribution is 2.22. The van der Waals surface area contributed by atoms with Gasteiger partial charge in [0.05, 0.1) is 6.20 Å². The summed E-state index contributed by atoms with van der Waals surface area (Å²) >= 11 is 0. The molecule has 3 nitrogen and oxygen atoms in total. The van der Waals surface area contributed by atoms with E-state index < -0.39 is 0 Å². The second kappa shape index (κ2) is 4.61. The minimum Gasteiger partial charge on any atom is -0.365 e. The lowest BCUT2D eigenvalue weighted by Crippen LogP contribution is -2.28. The van der Waals surface area contributed by atoms with Gasteiger partial charge in [0, 0.05) is 23.7 Å². The molecule has 0 aromatic carbocycles. The largest absolute Gasteiger partial charge is 0.365 e. The lowest BCUT2D eigenvalue weighted by atomic mass is 10.1. The average molecular weight is 237 g/mol. The number of halogens is 1. The molecule has 2 rings (SSSR count). The molecule has 0 bridgehead atoms. The molecule has 0 saturated heterocycles. The molecule has 4 heteroatoms. The van der Waals surface area contributed by atoms with Gasteiger partial charge in [-0.1, -0.05) is 0 Å². The third-order valence-corrected chi connectivity index (χ3v) is 2.59. The molecule has 17 heavy (non-hydrogen) atoms. The summed E-state index contributed by atoms with van der Waals surface area (Å²) in [4.78, 5) is 4.14. The van der Waals surface area contributed by atoms with Crippen molar-refractivity contribution in [2.45, 2.75) is 51.7 Å². The standard InChI is InChI=1S/C13H20FN3/c1-13(2,3)17-12-9(6-10(14)8-16-12)7-15-11-4-5-11/h6,8,11,15H,4-5,7H2,1-3H3,(H,16,17). The van der Waals surface area contributed by atoms with Gasteiger partial charge in [0.1, 0.15) is 11.6 Å². The van der Waals surface area contributed by atoms with Gasteiger partial charge in [-0.15, -0.1) is 0 Å². The van der Waals surface area contributed by atoms with Crippen LogP contribution in [-0.2, 0) is 6.54 Å². The van der Waals surface area contributed by atoms with Crippen LogP contribution in [0.15, 0.2) is 12.3 Å². The van der Waals surface area contributed by atoms with Crippen molar-refractivity contribution in [3.8, 4) is 0 Å². The fourth-order valence-corrected chi connectivity index (χ4v) is 1.63. The Kier molecular flexibility index (Phi) is 3.33. The molecule has 1 heterocycles. The van der Waals surface area contributed by atoms with Gasteiger partial charge in [-0.25, -0.2) is 9.37 Å². The average Bonchev–Trinajstić information content (AvgIpc) is 3.00. The summed E-state index contributed by atoms with van der Waals surface area (Å²) in [6.45, 7) is 6.87. The van der Waals surface area contributed by atoms with Crippen molar-refractivity contribution in [3.63, 3.8) is 0 Å². The first-order valence-corrected chi connectivity index (χ1v) is 6.10. The van der Waals surface area contributed by atoms with Gasteiger partial charge < -0.3 is 10.6 Å². The molecular weight excluding hydrogens is 217 g/mol. The SMILES string of the molecule is CC(C)(C)Nc1ncc(F)cc1CNC1CC1. The van der Waals surface area contributed by atoms with E-state index >= 15 is 0 Å². The normalized spacial score (nSPS) is 16.0. The number of nitrogens with zero attached hydrogens (tertiary/aromatic N) is 1. The third kappa shape index (κ3) is 3.97. The van der Waals surface area contributed by atoms with Gasteiger partial charge >= 0.3 is 0 Å². The van der Waals surface area contributed by atoms with Crippen LogP contribution < -0.4 is 10.6 Å². The van der Waals surface area contributed by atoms with Gasteiger partial charge in [0.25, 0.3) is 0 Å². The van der Waals surface area contributed by atoms with Crippen LogP contribution >= 0.6 is 0 Å². The van der Waals surface area contributed by atoms with Gasteiger partial charge in [0.15, 0.2) is 0 Å². The zero-order chi connectivity index (χ0) is 12.5. The van der Waals surface area contributed by atoms with Crippen LogP contribution in [0.2, 0.25) is 0 Å². The van der Waals surface area contributed by atoms with Crippen molar-refractivity contribution in [1.29, 1.82) is 0 Å². The molecule has 1 aromatic heterocycles. The molecule has 0 atom stereocenters. The third-order valence-electron chi connectivity index (χ3n) is 2.59. The molecule has 94 valence electrons. The molecule has 1 aromatic rings. The molecule has 2 N–H and O–H groups in total. The smallest absolute Gasteiger partial charge is 0.141 e. The number of pyridine rings is 1. The van der Waals surface area contributed by atoms with Crippen LogP contribution in [0.3, 0.4) is 0 Å². The van der Waals surface area contributed by atoms with Crippen molar-refractivity contribution < 1.29 is 4.39 Å². The van der Waals surface area contributed by atoms with E-state index in [4.69, 9.17) is 0 Å². The zero-order valence-electron chi connectivity index (χ0n) is 10.7. The maximum absolute atomic E-state index is 13.2. The Balaban J connectivity index is 2.11. The Morgan fingerprint density at radius 3 is 2.71 bits per heavy atom. The molecule has 0 amide bonds. The Bertz CT molecular complexity index is 394. The molecule has 0 radical (unpaired) electrons. The maximum atomic E-state index is 13.2. The zero-order valence-corrected chi connectivity index (χ0v) is 10.7. The summed E-state index contributed by atoms with van der Waals surface area (Å²) in [5, 5.41) is 6.68. The van der Waals surface area contributed by atoms with E-state index in [0.717, 1.165) is 11.4 Å². The van der Waals surface area contributed by atoms with Gasteiger partial charge in [0.2, 0.25) is 0 Å². The Hall–Kier alpha value is -1.16. The monoisotopic (exact) mass is 237 g/mol. The quantitative estimate of drug-likeness (QED) is 0.845. The predicted molar refractivity (Wildman–Crippen MR) is 67.4 cm³/mol. The van der Waals surface area contributed by atoms with E-state index in [1.54, 1.807) is 6.07 Å². The van der Waals surface area contributed by atoms with Crippen LogP contribution in [0.5, 0.6) is 0 Å². The summed E-state index contributed by atoms with van der Waals surface area (Å²) < 4.78 is 13.2. The van der Waals surface area contributed by atoms with E-state index in [0.29, 0.717) is 12.6 Å². The summed E-state index contributed by atoms with van der Waals surface area (Å²) in [6, 6.07) is 2.16. The first kappa shape index (κ1) is 12.3. The first-order chi connectivity index (χ1) is 7.94. The Morgan fingerprint density at radius 1 is 1.41 bits per heavy atom. The second-order valence-corrected chi connectivity index (χ2v) is 5.69. The fraction of sp³-hybridized carbons (Fsp3) is 0.615. The Morgan fingerprint density at radius 2 is 2.12 bits per heavy atom. The number of rotatable bonds is 4. The van der Waals surface area contributed by atoms with Crippen molar-refractivity contribution in [1.82, 2.24) is 10.3 Å². The van der Waals surface area contributed by atoms with E-state index in [-0.39, 0.29) is 11.4 Å².